The van der Waals surface area contributed by atoms with Crippen LogP contribution in [0.15, 0.2) is 22.1 Å². The van der Waals surface area contributed by atoms with Gasteiger partial charge in [-0.1, -0.05) is 68.4 Å². The van der Waals surface area contributed by atoms with Gasteiger partial charge in [-0.3, -0.25) is 19.6 Å². The second kappa shape index (κ2) is 16.1. The van der Waals surface area contributed by atoms with Crippen molar-refractivity contribution in [2.45, 2.75) is 111 Å². The molecule has 0 bridgehead atoms. The number of benzene rings is 1. The molecule has 0 fully saturated rings. The molecule has 48 heavy (non-hydrogen) atoms. The van der Waals surface area contributed by atoms with Gasteiger partial charge in [-0.05, 0) is 72.2 Å². The minimum absolute atomic E-state index is 0.0199. The molecule has 12 heteroatoms. The Morgan fingerprint density at radius 2 is 1.40 bits per heavy atom. The van der Waals surface area contributed by atoms with Crippen molar-refractivity contribution in [1.29, 1.82) is 0 Å². The number of rotatable bonds is 15. The quantitative estimate of drug-likeness (QED) is 0.0487. The maximum atomic E-state index is 14.1. The molecule has 12 N–H and O–H groups in total. The molecule has 0 radical (unpaired) electrons. The molecule has 1 aromatic carbocycles. The third-order valence-electron chi connectivity index (χ3n) is 9.03. The third kappa shape index (κ3) is 10.9. The summed E-state index contributed by atoms with van der Waals surface area (Å²) in [4.78, 5) is 39.4. The van der Waals surface area contributed by atoms with Crippen molar-refractivity contribution >= 4 is 34.7 Å². The number of hydrogen-bond acceptors (Lipinski definition) is 6. The highest BCUT2D eigenvalue weighted by atomic mass is 16.5. The summed E-state index contributed by atoms with van der Waals surface area (Å²) in [6.07, 6.45) is 2.78. The molecular weight excluding hydrogens is 606 g/mol. The number of aliphatic imine (C=N–C) groups is 2. The Morgan fingerprint density at radius 1 is 0.854 bits per heavy atom. The van der Waals surface area contributed by atoms with Gasteiger partial charge in [-0.25, -0.2) is 0 Å². The molecular formula is C36H63N9O3. The summed E-state index contributed by atoms with van der Waals surface area (Å²) >= 11 is 0. The zero-order valence-electron chi connectivity index (χ0n) is 31.1. The van der Waals surface area contributed by atoms with E-state index in [1.54, 1.807) is 0 Å². The van der Waals surface area contributed by atoms with Gasteiger partial charge in [0.1, 0.15) is 5.92 Å². The van der Waals surface area contributed by atoms with E-state index in [1.165, 1.54) is 18.2 Å². The monoisotopic (exact) mass is 670 g/mol. The molecule has 0 saturated heterocycles. The first-order chi connectivity index (χ1) is 22.1. The largest absolute Gasteiger partial charge is 0.468 e. The molecule has 0 aliphatic carbocycles. The van der Waals surface area contributed by atoms with Crippen molar-refractivity contribution in [3.05, 3.63) is 34.5 Å². The standard InChI is InChI=1S/C36H63N9O3/c1-33(2,3)22-17-25(34(4,5)6)27-23(28(35(7,8)9)45-26(27)18-22)19-24(30(47)48-10)29(46)44-21-36(20-37,13-11-15-42-31(38)39)14-12-16-43-32(40)41/h17-18,24,45H,11-16,19-21,37H2,1-10H3,(H,44,46)(H4,38,39,42)(H4,40,41,43). The van der Waals surface area contributed by atoms with E-state index in [4.69, 9.17) is 33.4 Å². The van der Waals surface area contributed by atoms with Crippen molar-refractivity contribution in [1.82, 2.24) is 10.3 Å². The van der Waals surface area contributed by atoms with Gasteiger partial charge < -0.3 is 43.7 Å². The number of methoxy groups -OCH3 is 1. The van der Waals surface area contributed by atoms with Gasteiger partial charge in [0, 0.05) is 47.1 Å². The predicted octanol–water partition coefficient (Wildman–Crippen LogP) is 3.56. The SMILES string of the molecule is COC(=O)C(Cc1c(C(C)(C)C)[nH]c2cc(C(C)(C)C)cc(C(C)(C)C)c12)C(=O)NCC(CN)(CCCN=C(N)N)CCCN=C(N)N. The zero-order valence-corrected chi connectivity index (χ0v) is 31.1. The summed E-state index contributed by atoms with van der Waals surface area (Å²) in [6, 6.07) is 4.48. The lowest BCUT2D eigenvalue weighted by atomic mass is 9.77. The van der Waals surface area contributed by atoms with E-state index in [-0.39, 0.29) is 41.1 Å². The van der Waals surface area contributed by atoms with Crippen molar-refractivity contribution < 1.29 is 14.3 Å². The van der Waals surface area contributed by atoms with Gasteiger partial charge in [0.15, 0.2) is 11.9 Å². The van der Waals surface area contributed by atoms with E-state index in [0.29, 0.717) is 45.3 Å². The highest BCUT2D eigenvalue weighted by Gasteiger charge is 2.36. The summed E-state index contributed by atoms with van der Waals surface area (Å²) in [5, 5.41) is 4.13. The fourth-order valence-electron chi connectivity index (χ4n) is 6.20. The molecule has 1 atom stereocenters. The van der Waals surface area contributed by atoms with Crippen LogP contribution in [0.2, 0.25) is 0 Å². The number of nitrogens with two attached hydrogens (primary N) is 5. The molecule has 1 unspecified atom stereocenters. The number of fused-ring (bicyclic) bond motifs is 1. The van der Waals surface area contributed by atoms with E-state index in [1.807, 2.05) is 0 Å². The number of carbonyl (C=O) groups excluding carboxylic acids is 2. The predicted molar refractivity (Wildman–Crippen MR) is 198 cm³/mol. The molecule has 0 aliphatic rings. The highest BCUT2D eigenvalue weighted by molar-refractivity contribution is 5.99. The first-order valence-corrected chi connectivity index (χ1v) is 16.9. The van der Waals surface area contributed by atoms with Crippen LogP contribution in [0.3, 0.4) is 0 Å². The van der Waals surface area contributed by atoms with Crippen molar-refractivity contribution in [2.75, 3.05) is 33.3 Å². The van der Waals surface area contributed by atoms with Crippen molar-refractivity contribution in [3.8, 4) is 0 Å². The van der Waals surface area contributed by atoms with Gasteiger partial charge in [0.25, 0.3) is 0 Å². The lowest BCUT2D eigenvalue weighted by molar-refractivity contribution is -0.150. The minimum Gasteiger partial charge on any atom is -0.468 e. The number of H-pyrrole nitrogens is 1. The van der Waals surface area contributed by atoms with Crippen LogP contribution in [0.1, 0.15) is 110 Å². The Balaban J connectivity index is 2.59. The van der Waals surface area contributed by atoms with Crippen LogP contribution in [0.4, 0.5) is 0 Å². The van der Waals surface area contributed by atoms with E-state index in [0.717, 1.165) is 22.2 Å². The zero-order chi connectivity index (χ0) is 36.7. The topological polar surface area (TPSA) is 226 Å². The Bertz CT molecular complexity index is 1440. The molecule has 1 aromatic heterocycles. The lowest BCUT2D eigenvalue weighted by Gasteiger charge is -2.33. The van der Waals surface area contributed by atoms with Crippen LogP contribution >= 0.6 is 0 Å². The Morgan fingerprint density at radius 3 is 1.81 bits per heavy atom. The number of carbonyl (C=O) groups is 2. The second-order valence-corrected chi connectivity index (χ2v) is 16.2. The number of aromatic nitrogens is 1. The van der Waals surface area contributed by atoms with Gasteiger partial charge in [-0.2, -0.15) is 0 Å². The molecule has 0 spiro atoms. The smallest absolute Gasteiger partial charge is 0.318 e. The second-order valence-electron chi connectivity index (χ2n) is 16.2. The van der Waals surface area contributed by atoms with Crippen LogP contribution in [-0.2, 0) is 37.0 Å². The van der Waals surface area contributed by atoms with Crippen molar-refractivity contribution in [2.24, 2.45) is 50.0 Å². The van der Waals surface area contributed by atoms with E-state index >= 15 is 0 Å². The summed E-state index contributed by atoms with van der Waals surface area (Å²) < 4.78 is 5.23. The van der Waals surface area contributed by atoms with E-state index < -0.39 is 23.2 Å². The summed E-state index contributed by atoms with van der Waals surface area (Å²) in [6.45, 7) is 21.0. The molecule has 0 saturated carbocycles. The van der Waals surface area contributed by atoms with Crippen LogP contribution in [-0.4, -0.2) is 62.1 Å². The highest BCUT2D eigenvalue weighted by Crippen LogP contribution is 2.41. The number of hydrogen-bond donors (Lipinski definition) is 7. The number of nitrogens with one attached hydrogen (secondary N) is 2. The molecule has 270 valence electrons. The number of guanidine groups is 2. The van der Waals surface area contributed by atoms with Crippen LogP contribution in [0.25, 0.3) is 10.9 Å². The average Bonchev–Trinajstić information content (AvgIpc) is 3.35. The van der Waals surface area contributed by atoms with Crippen LogP contribution in [0, 0.1) is 11.3 Å². The number of esters is 1. The summed E-state index contributed by atoms with van der Waals surface area (Å²) in [5.41, 5.74) is 32.7. The maximum absolute atomic E-state index is 14.1. The number of amides is 1. The van der Waals surface area contributed by atoms with Gasteiger partial charge in [0.05, 0.1) is 7.11 Å². The fraction of sp³-hybridized carbons (Fsp3) is 0.667. The Labute approximate surface area is 287 Å². The van der Waals surface area contributed by atoms with Crippen LogP contribution < -0.4 is 34.0 Å². The Kier molecular flexibility index (Phi) is 13.5. The minimum atomic E-state index is -1.08. The molecule has 2 rings (SSSR count). The molecule has 1 heterocycles. The number of nitrogens with zero attached hydrogens (tertiary/aromatic N) is 2. The molecule has 2 aromatic rings. The van der Waals surface area contributed by atoms with Crippen molar-refractivity contribution in [3.63, 3.8) is 0 Å². The first-order valence-electron chi connectivity index (χ1n) is 16.9. The van der Waals surface area contributed by atoms with Gasteiger partial charge in [0.2, 0.25) is 5.91 Å². The summed E-state index contributed by atoms with van der Waals surface area (Å²) in [7, 11) is 1.32. The molecule has 0 aliphatic heterocycles. The third-order valence-corrected chi connectivity index (χ3v) is 9.03. The number of ether oxygens (including phenoxy) is 1. The van der Waals surface area contributed by atoms with Gasteiger partial charge >= 0.3 is 5.97 Å². The molecule has 12 nitrogen and oxygen atoms in total. The van der Waals surface area contributed by atoms with Gasteiger partial charge in [-0.15, -0.1) is 0 Å². The lowest BCUT2D eigenvalue weighted by Crippen LogP contribution is -2.46. The Hall–Kier alpha value is -3.80. The maximum Gasteiger partial charge on any atom is 0.318 e. The average molecular weight is 670 g/mol. The normalized spacial score (nSPS) is 13.2. The fourth-order valence-corrected chi connectivity index (χ4v) is 6.20. The summed E-state index contributed by atoms with van der Waals surface area (Å²) in [5.74, 6) is -2.04. The number of aromatic amines is 1. The van der Waals surface area contributed by atoms with E-state index in [9.17, 15) is 9.59 Å². The molecule has 1 amide bonds. The van der Waals surface area contributed by atoms with Crippen LogP contribution in [0.5, 0.6) is 0 Å². The first kappa shape index (κ1) is 40.4. The van der Waals surface area contributed by atoms with E-state index in [2.05, 4.69) is 94.7 Å².